The molecule has 1 aromatic carbocycles. The van der Waals surface area contributed by atoms with Crippen molar-refractivity contribution < 1.29 is 9.90 Å². The molecule has 0 bridgehead atoms. The Morgan fingerprint density at radius 2 is 1.94 bits per heavy atom. The number of rotatable bonds is 5. The fourth-order valence-electron chi connectivity index (χ4n) is 5.51. The first-order valence-electron chi connectivity index (χ1n) is 11.2. The van der Waals surface area contributed by atoms with E-state index in [0.717, 1.165) is 30.5 Å². The summed E-state index contributed by atoms with van der Waals surface area (Å²) in [6, 6.07) is 13.7. The fraction of sp³-hybridized carbons (Fsp3) is 0.440. The van der Waals surface area contributed by atoms with Crippen LogP contribution in [0.5, 0.6) is 0 Å². The Bertz CT molecular complexity index is 1060. The highest BCUT2D eigenvalue weighted by Gasteiger charge is 2.54. The second kappa shape index (κ2) is 8.09. The molecule has 2 fully saturated rings. The minimum Gasteiger partial charge on any atom is -0.396 e. The van der Waals surface area contributed by atoms with Crippen LogP contribution in [0.2, 0.25) is 0 Å². The lowest BCUT2D eigenvalue weighted by atomic mass is 9.87. The molecule has 1 aromatic heterocycles. The van der Waals surface area contributed by atoms with Crippen LogP contribution in [-0.2, 0) is 11.3 Å². The number of benzene rings is 1. The van der Waals surface area contributed by atoms with Gasteiger partial charge in [-0.3, -0.25) is 14.5 Å². The Balaban J connectivity index is 1.41. The van der Waals surface area contributed by atoms with E-state index in [0.29, 0.717) is 12.1 Å². The number of carbonyl (C=O) groups is 1. The van der Waals surface area contributed by atoms with Crippen molar-refractivity contribution in [2.45, 2.75) is 43.9 Å². The summed E-state index contributed by atoms with van der Waals surface area (Å²) in [4.78, 5) is 28.2. The van der Waals surface area contributed by atoms with Crippen LogP contribution in [0.25, 0.3) is 12.2 Å². The molecule has 6 nitrogen and oxygen atoms in total. The molecule has 1 saturated carbocycles. The summed E-state index contributed by atoms with van der Waals surface area (Å²) < 4.78 is 1.83. The average Bonchev–Trinajstić information content (AvgIpc) is 3.26. The predicted octanol–water partition coefficient (Wildman–Crippen LogP) is 2.28. The van der Waals surface area contributed by atoms with Crippen LogP contribution in [0.3, 0.4) is 0 Å². The third-order valence-corrected chi connectivity index (χ3v) is 7.36. The Hall–Kier alpha value is -2.70. The highest BCUT2D eigenvalue weighted by atomic mass is 16.3. The van der Waals surface area contributed by atoms with E-state index in [4.69, 9.17) is 0 Å². The van der Waals surface area contributed by atoms with E-state index in [2.05, 4.69) is 10.2 Å². The second-order valence-electron chi connectivity index (χ2n) is 9.08. The quantitative estimate of drug-likeness (QED) is 0.780. The van der Waals surface area contributed by atoms with Gasteiger partial charge in [0, 0.05) is 42.3 Å². The lowest BCUT2D eigenvalue weighted by Gasteiger charge is -2.32. The molecule has 162 valence electrons. The summed E-state index contributed by atoms with van der Waals surface area (Å²) in [7, 11) is 1.95. The van der Waals surface area contributed by atoms with E-state index < -0.39 is 0 Å². The van der Waals surface area contributed by atoms with Gasteiger partial charge in [0.05, 0.1) is 12.1 Å². The lowest BCUT2D eigenvalue weighted by molar-refractivity contribution is -0.128. The van der Waals surface area contributed by atoms with Gasteiger partial charge in [-0.2, -0.15) is 0 Å². The summed E-state index contributed by atoms with van der Waals surface area (Å²) in [5.41, 5.74) is 2.62. The third kappa shape index (κ3) is 3.44. The van der Waals surface area contributed by atoms with Gasteiger partial charge < -0.3 is 15.0 Å². The molecule has 0 radical (unpaired) electrons. The highest BCUT2D eigenvalue weighted by molar-refractivity contribution is 5.83. The number of likely N-dealkylation sites (N-methyl/N-ethyl adjacent to an activating group) is 1. The van der Waals surface area contributed by atoms with E-state index in [1.807, 2.05) is 66.2 Å². The fourth-order valence-corrected chi connectivity index (χ4v) is 5.51. The number of amides is 1. The molecular formula is C25H29N3O3. The number of pyridine rings is 1. The molecule has 5 rings (SSSR count). The predicted molar refractivity (Wildman–Crippen MR) is 120 cm³/mol. The maximum absolute atomic E-state index is 13.2. The normalized spacial score (nSPS) is 27.8. The number of likely N-dealkylation sites (tertiary alicyclic amines) is 1. The summed E-state index contributed by atoms with van der Waals surface area (Å²) >= 11 is 0. The SMILES string of the molecule is CN1[C@H](C(=O)NC2CCC2)[C@@H](CO)[C@@H]2Cn3c(ccc(/C=C/c4ccccc4)c3=O)[C@@H]21. The zero-order chi connectivity index (χ0) is 21.5. The summed E-state index contributed by atoms with van der Waals surface area (Å²) in [5, 5.41) is 13.3. The largest absolute Gasteiger partial charge is 0.396 e. The van der Waals surface area contributed by atoms with Crippen LogP contribution in [-0.4, -0.2) is 46.2 Å². The number of aliphatic hydroxyl groups is 1. The van der Waals surface area contributed by atoms with Crippen LogP contribution in [0.1, 0.15) is 42.1 Å². The topological polar surface area (TPSA) is 74.6 Å². The van der Waals surface area contributed by atoms with Crippen LogP contribution in [0.4, 0.5) is 0 Å². The number of fused-ring (bicyclic) bond motifs is 3. The zero-order valence-electron chi connectivity index (χ0n) is 17.8. The highest BCUT2D eigenvalue weighted by Crippen LogP contribution is 2.48. The molecule has 1 saturated heterocycles. The van der Waals surface area contributed by atoms with Gasteiger partial charge in [-0.05, 0) is 50.1 Å². The first-order valence-corrected chi connectivity index (χ1v) is 11.2. The Morgan fingerprint density at radius 1 is 1.16 bits per heavy atom. The van der Waals surface area contributed by atoms with Crippen molar-refractivity contribution in [1.29, 1.82) is 0 Å². The van der Waals surface area contributed by atoms with E-state index in [1.54, 1.807) is 0 Å². The standard InChI is InChI=1S/C25H29N3O3/c1-27-22-19(20(15-29)23(27)24(30)26-18-8-5-9-18)14-28-21(22)13-12-17(25(28)31)11-10-16-6-3-2-4-7-16/h2-4,6-7,10-13,18-20,22-23,29H,5,8-9,14-15H2,1H3,(H,26,30)/b11-10+/t19-,20-,22+,23-/m0/s1. The van der Waals surface area contributed by atoms with Crippen LogP contribution < -0.4 is 10.9 Å². The molecular weight excluding hydrogens is 390 g/mol. The van der Waals surface area contributed by atoms with E-state index in [1.165, 1.54) is 0 Å². The van der Waals surface area contributed by atoms with Crippen LogP contribution in [0.15, 0.2) is 47.3 Å². The van der Waals surface area contributed by atoms with Gasteiger partial charge in [0.1, 0.15) is 0 Å². The number of aromatic nitrogens is 1. The lowest BCUT2D eigenvalue weighted by Crippen LogP contribution is -2.51. The molecule has 3 heterocycles. The van der Waals surface area contributed by atoms with E-state index in [9.17, 15) is 14.7 Å². The Morgan fingerprint density at radius 3 is 2.61 bits per heavy atom. The Kier molecular flexibility index (Phi) is 5.28. The maximum atomic E-state index is 13.2. The molecule has 0 spiro atoms. The first-order chi connectivity index (χ1) is 15.1. The van der Waals surface area contributed by atoms with E-state index >= 15 is 0 Å². The number of nitrogens with zero attached hydrogens (tertiary/aromatic N) is 2. The first kappa shape index (κ1) is 20.2. The van der Waals surface area contributed by atoms with Crippen molar-refractivity contribution in [2.75, 3.05) is 13.7 Å². The molecule has 1 amide bonds. The maximum Gasteiger partial charge on any atom is 0.258 e. The van der Waals surface area contributed by atoms with Crippen molar-refractivity contribution in [3.8, 4) is 0 Å². The molecule has 4 atom stereocenters. The van der Waals surface area contributed by atoms with Crippen molar-refractivity contribution >= 4 is 18.1 Å². The second-order valence-corrected chi connectivity index (χ2v) is 9.08. The van der Waals surface area contributed by atoms with Crippen molar-refractivity contribution in [2.24, 2.45) is 11.8 Å². The van der Waals surface area contributed by atoms with Gasteiger partial charge in [-0.15, -0.1) is 0 Å². The third-order valence-electron chi connectivity index (χ3n) is 7.36. The monoisotopic (exact) mass is 419 g/mol. The van der Waals surface area contributed by atoms with Crippen molar-refractivity contribution in [3.05, 3.63) is 69.6 Å². The number of nitrogens with one attached hydrogen (secondary N) is 1. The zero-order valence-corrected chi connectivity index (χ0v) is 17.8. The van der Waals surface area contributed by atoms with Crippen molar-refractivity contribution in [1.82, 2.24) is 14.8 Å². The number of carbonyl (C=O) groups excluding carboxylic acids is 1. The molecule has 2 aromatic rings. The number of aliphatic hydroxyl groups excluding tert-OH is 1. The van der Waals surface area contributed by atoms with Gasteiger partial charge in [0.15, 0.2) is 0 Å². The molecule has 2 aliphatic heterocycles. The van der Waals surface area contributed by atoms with Crippen molar-refractivity contribution in [3.63, 3.8) is 0 Å². The Labute approximate surface area is 182 Å². The number of hydrogen-bond acceptors (Lipinski definition) is 4. The van der Waals surface area contributed by atoms with Gasteiger partial charge in [-0.1, -0.05) is 36.4 Å². The van der Waals surface area contributed by atoms with Gasteiger partial charge in [0.25, 0.3) is 5.56 Å². The smallest absolute Gasteiger partial charge is 0.258 e. The minimum absolute atomic E-state index is 0.0111. The van der Waals surface area contributed by atoms with Gasteiger partial charge in [0.2, 0.25) is 5.91 Å². The molecule has 6 heteroatoms. The summed E-state index contributed by atoms with van der Waals surface area (Å²) in [6.07, 6.45) is 7.05. The summed E-state index contributed by atoms with van der Waals surface area (Å²) in [5.74, 6) is -0.122. The molecule has 0 unspecified atom stereocenters. The minimum atomic E-state index is -0.359. The molecule has 2 N–H and O–H groups in total. The van der Waals surface area contributed by atoms with Gasteiger partial charge in [-0.25, -0.2) is 0 Å². The summed E-state index contributed by atoms with van der Waals surface area (Å²) in [6.45, 7) is 0.479. The van der Waals surface area contributed by atoms with Crippen LogP contribution in [0, 0.1) is 11.8 Å². The molecule has 31 heavy (non-hydrogen) atoms. The van der Waals surface area contributed by atoms with E-state index in [-0.39, 0.29) is 48.0 Å². The average molecular weight is 420 g/mol. The van der Waals surface area contributed by atoms with Gasteiger partial charge >= 0.3 is 0 Å². The molecule has 3 aliphatic rings. The number of hydrogen-bond donors (Lipinski definition) is 2. The van der Waals surface area contributed by atoms with Crippen LogP contribution >= 0.6 is 0 Å². The molecule has 1 aliphatic carbocycles.